The van der Waals surface area contributed by atoms with Gasteiger partial charge >= 0.3 is 0 Å². The zero-order valence-corrected chi connectivity index (χ0v) is 9.17. The molecular weight excluding hydrogens is 212 g/mol. The number of nitriles is 1. The van der Waals surface area contributed by atoms with Crippen molar-refractivity contribution in [3.8, 4) is 11.8 Å². The zero-order valence-electron chi connectivity index (χ0n) is 9.17. The summed E-state index contributed by atoms with van der Waals surface area (Å²) in [5.41, 5.74) is 0.582. The smallest absolute Gasteiger partial charge is 0.267 e. The van der Waals surface area contributed by atoms with Gasteiger partial charge in [-0.15, -0.1) is 0 Å². The van der Waals surface area contributed by atoms with Gasteiger partial charge in [0, 0.05) is 5.56 Å². The molecule has 0 spiro atoms. The number of hydrogen-bond donors (Lipinski definition) is 1. The molecule has 4 heteroatoms. The number of aromatic hydroxyl groups is 1. The first kappa shape index (κ1) is 12.4. The lowest BCUT2D eigenvalue weighted by molar-refractivity contribution is 0.147. The Kier molecular flexibility index (Phi) is 3.83. The normalized spacial score (nSPS) is 10.8. The first-order valence-electron chi connectivity index (χ1n) is 4.98. The van der Waals surface area contributed by atoms with Gasteiger partial charge in [0.25, 0.3) is 6.43 Å². The van der Waals surface area contributed by atoms with E-state index in [4.69, 9.17) is 5.26 Å². The third-order valence-electron chi connectivity index (χ3n) is 2.41. The number of benzene rings is 1. The van der Waals surface area contributed by atoms with Crippen LogP contribution in [0.2, 0.25) is 0 Å². The Bertz CT molecular complexity index is 422. The molecular formula is C12H13F2NO. The number of phenols is 1. The van der Waals surface area contributed by atoms with E-state index < -0.39 is 17.7 Å². The molecule has 0 bridgehead atoms. The van der Waals surface area contributed by atoms with E-state index in [0.29, 0.717) is 5.56 Å². The molecule has 0 fully saturated rings. The van der Waals surface area contributed by atoms with Crippen molar-refractivity contribution in [3.05, 3.63) is 28.8 Å². The first-order valence-corrected chi connectivity index (χ1v) is 4.98. The quantitative estimate of drug-likeness (QED) is 0.855. The zero-order chi connectivity index (χ0) is 12.3. The molecule has 0 saturated heterocycles. The van der Waals surface area contributed by atoms with Crippen molar-refractivity contribution in [1.29, 1.82) is 5.26 Å². The van der Waals surface area contributed by atoms with Gasteiger partial charge in [-0.05, 0) is 17.5 Å². The van der Waals surface area contributed by atoms with Crippen LogP contribution in [-0.2, 0) is 6.42 Å². The summed E-state index contributed by atoms with van der Waals surface area (Å²) in [6.07, 6.45) is -2.79. The van der Waals surface area contributed by atoms with E-state index in [9.17, 15) is 13.9 Å². The van der Waals surface area contributed by atoms with Crippen LogP contribution in [0.3, 0.4) is 0 Å². The minimum atomic E-state index is -2.73. The molecule has 1 N–H and O–H groups in total. The third kappa shape index (κ3) is 2.48. The summed E-state index contributed by atoms with van der Waals surface area (Å²) in [4.78, 5) is 0. The third-order valence-corrected chi connectivity index (χ3v) is 2.41. The number of nitrogens with zero attached hydrogens (tertiary/aromatic N) is 1. The van der Waals surface area contributed by atoms with Crippen molar-refractivity contribution in [2.24, 2.45) is 0 Å². The summed E-state index contributed by atoms with van der Waals surface area (Å²) in [7, 11) is 0. The van der Waals surface area contributed by atoms with Gasteiger partial charge in [0.05, 0.1) is 18.1 Å². The predicted octanol–water partition coefficient (Wildman–Crippen LogP) is 3.52. The largest absolute Gasteiger partial charge is 0.507 e. The lowest BCUT2D eigenvalue weighted by Gasteiger charge is -2.13. The molecule has 2 nitrogen and oxygen atoms in total. The fraction of sp³-hybridized carbons (Fsp3) is 0.417. The van der Waals surface area contributed by atoms with Crippen molar-refractivity contribution in [1.82, 2.24) is 0 Å². The minimum absolute atomic E-state index is 0.0634. The molecule has 0 heterocycles. The lowest BCUT2D eigenvalue weighted by Crippen LogP contribution is -1.97. The highest BCUT2D eigenvalue weighted by molar-refractivity contribution is 5.46. The van der Waals surface area contributed by atoms with Gasteiger partial charge in [0.1, 0.15) is 5.75 Å². The molecule has 0 aliphatic carbocycles. The maximum atomic E-state index is 12.6. The van der Waals surface area contributed by atoms with Gasteiger partial charge in [0.15, 0.2) is 0 Å². The predicted molar refractivity (Wildman–Crippen MR) is 56.5 cm³/mol. The van der Waals surface area contributed by atoms with E-state index in [1.165, 1.54) is 6.07 Å². The molecule has 0 atom stereocenters. The number of hydrogen-bond acceptors (Lipinski definition) is 2. The van der Waals surface area contributed by atoms with Crippen LogP contribution >= 0.6 is 0 Å². The molecule has 0 saturated carbocycles. The van der Waals surface area contributed by atoms with E-state index in [-0.39, 0.29) is 17.9 Å². The summed E-state index contributed by atoms with van der Waals surface area (Å²) in [6.45, 7) is 3.75. The number of rotatable bonds is 3. The van der Waals surface area contributed by atoms with E-state index in [0.717, 1.165) is 0 Å². The maximum absolute atomic E-state index is 12.6. The Morgan fingerprint density at radius 3 is 2.44 bits per heavy atom. The van der Waals surface area contributed by atoms with Crippen LogP contribution in [0.15, 0.2) is 12.1 Å². The monoisotopic (exact) mass is 225 g/mol. The van der Waals surface area contributed by atoms with Crippen LogP contribution in [0.4, 0.5) is 8.78 Å². The molecule has 1 aromatic rings. The Morgan fingerprint density at radius 1 is 1.38 bits per heavy atom. The number of alkyl halides is 2. The molecule has 1 aromatic carbocycles. The minimum Gasteiger partial charge on any atom is -0.507 e. The van der Waals surface area contributed by atoms with Gasteiger partial charge in [-0.3, -0.25) is 0 Å². The van der Waals surface area contributed by atoms with Crippen molar-refractivity contribution < 1.29 is 13.9 Å². The Balaban J connectivity index is 3.34. The summed E-state index contributed by atoms with van der Waals surface area (Å²) in [6, 6.07) is 4.76. The van der Waals surface area contributed by atoms with Crippen molar-refractivity contribution >= 4 is 0 Å². The topological polar surface area (TPSA) is 44.0 Å². The highest BCUT2D eigenvalue weighted by Crippen LogP contribution is 2.34. The second-order valence-electron chi connectivity index (χ2n) is 3.91. The van der Waals surface area contributed by atoms with Crippen LogP contribution in [0.25, 0.3) is 0 Å². The van der Waals surface area contributed by atoms with Crippen LogP contribution in [-0.4, -0.2) is 5.11 Å². The molecule has 1 rings (SSSR count). The van der Waals surface area contributed by atoms with Crippen molar-refractivity contribution in [2.45, 2.75) is 32.6 Å². The summed E-state index contributed by atoms with van der Waals surface area (Å²) >= 11 is 0. The second kappa shape index (κ2) is 4.93. The summed E-state index contributed by atoms with van der Waals surface area (Å²) in [5.74, 6) is -0.378. The second-order valence-corrected chi connectivity index (χ2v) is 3.91. The van der Waals surface area contributed by atoms with E-state index in [2.05, 4.69) is 0 Å². The SMILES string of the molecule is CC(C)c1cc(CC#N)c(O)c(C(F)F)c1. The molecule has 16 heavy (non-hydrogen) atoms. The molecule has 0 aliphatic heterocycles. The van der Waals surface area contributed by atoms with Gasteiger partial charge in [-0.1, -0.05) is 19.9 Å². The van der Waals surface area contributed by atoms with Gasteiger partial charge < -0.3 is 5.11 Å². The standard InChI is InChI=1S/C12H13F2NO/c1-7(2)9-5-8(3-4-15)11(16)10(6-9)12(13)14/h5-7,12,16H,3H2,1-2H3. The van der Waals surface area contributed by atoms with E-state index >= 15 is 0 Å². The summed E-state index contributed by atoms with van der Waals surface area (Å²) in [5, 5.41) is 18.1. The van der Waals surface area contributed by atoms with E-state index in [1.54, 1.807) is 6.07 Å². The Labute approximate surface area is 93.1 Å². The summed E-state index contributed by atoms with van der Waals surface area (Å²) < 4.78 is 25.3. The molecule has 0 aliphatic rings. The fourth-order valence-corrected chi connectivity index (χ4v) is 1.46. The van der Waals surface area contributed by atoms with Crippen LogP contribution in [0, 0.1) is 11.3 Å². The highest BCUT2D eigenvalue weighted by Gasteiger charge is 2.18. The first-order chi connectivity index (χ1) is 7.47. The van der Waals surface area contributed by atoms with E-state index in [1.807, 2.05) is 19.9 Å². The molecule has 0 unspecified atom stereocenters. The molecule has 0 amide bonds. The van der Waals surface area contributed by atoms with Crippen molar-refractivity contribution in [2.75, 3.05) is 0 Å². The van der Waals surface area contributed by atoms with Crippen molar-refractivity contribution in [3.63, 3.8) is 0 Å². The number of halogens is 2. The lowest BCUT2D eigenvalue weighted by atomic mass is 9.96. The van der Waals surface area contributed by atoms with Crippen LogP contribution in [0.5, 0.6) is 5.75 Å². The average molecular weight is 225 g/mol. The number of phenolic OH excluding ortho intramolecular Hbond substituents is 1. The molecule has 0 aromatic heterocycles. The van der Waals surface area contributed by atoms with Gasteiger partial charge in [-0.25, -0.2) is 8.78 Å². The fourth-order valence-electron chi connectivity index (χ4n) is 1.46. The molecule has 86 valence electrons. The average Bonchev–Trinajstić information content (AvgIpc) is 2.20. The van der Waals surface area contributed by atoms with Gasteiger partial charge in [0.2, 0.25) is 0 Å². The van der Waals surface area contributed by atoms with Crippen LogP contribution in [0.1, 0.15) is 42.9 Å². The molecule has 0 radical (unpaired) electrons. The Hall–Kier alpha value is -1.63. The van der Waals surface area contributed by atoms with Crippen LogP contribution < -0.4 is 0 Å². The Morgan fingerprint density at radius 2 is 2.00 bits per heavy atom. The van der Waals surface area contributed by atoms with Gasteiger partial charge in [-0.2, -0.15) is 5.26 Å². The highest BCUT2D eigenvalue weighted by atomic mass is 19.3. The maximum Gasteiger partial charge on any atom is 0.267 e.